The summed E-state index contributed by atoms with van der Waals surface area (Å²) in [6.07, 6.45) is -0.921. The molecule has 0 unspecified atom stereocenters. The number of carbonyl (C=O) groups excluding carboxylic acids is 1. The van der Waals surface area contributed by atoms with E-state index in [2.05, 4.69) is 9.55 Å². The number of esters is 1. The van der Waals surface area contributed by atoms with Crippen molar-refractivity contribution >= 4 is 16.9 Å². The summed E-state index contributed by atoms with van der Waals surface area (Å²) >= 11 is 0. The Kier molecular flexibility index (Phi) is 7.55. The van der Waals surface area contributed by atoms with Gasteiger partial charge in [0, 0.05) is 34.5 Å². The van der Waals surface area contributed by atoms with Crippen molar-refractivity contribution < 1.29 is 19.4 Å². The van der Waals surface area contributed by atoms with Crippen LogP contribution in [0.15, 0.2) is 59.4 Å². The molecule has 1 N–H and O–H groups in total. The molecule has 0 aliphatic carbocycles. The predicted molar refractivity (Wildman–Crippen MR) is 138 cm³/mol. The quantitative estimate of drug-likeness (QED) is 0.360. The van der Waals surface area contributed by atoms with Crippen LogP contribution in [0.3, 0.4) is 0 Å². The van der Waals surface area contributed by atoms with E-state index >= 15 is 0 Å². The summed E-state index contributed by atoms with van der Waals surface area (Å²) < 4.78 is 14.7. The number of aliphatic hydroxyl groups is 1. The molecule has 2 heterocycles. The van der Waals surface area contributed by atoms with E-state index in [0.717, 1.165) is 27.9 Å². The van der Waals surface area contributed by atoms with Crippen LogP contribution in [-0.4, -0.2) is 44.5 Å². The van der Waals surface area contributed by atoms with E-state index in [9.17, 15) is 14.7 Å². The molecular weight excluding hydrogens is 458 g/mol. The van der Waals surface area contributed by atoms with Gasteiger partial charge in [-0.1, -0.05) is 30.3 Å². The third-order valence-electron chi connectivity index (χ3n) is 6.14. The van der Waals surface area contributed by atoms with Gasteiger partial charge in [-0.25, -0.2) is 9.59 Å². The van der Waals surface area contributed by atoms with Crippen LogP contribution in [0.1, 0.15) is 39.9 Å². The highest BCUT2D eigenvalue weighted by Crippen LogP contribution is 2.31. The van der Waals surface area contributed by atoms with Gasteiger partial charge in [-0.15, -0.1) is 0 Å². The minimum absolute atomic E-state index is 0.0241. The Balaban J connectivity index is 1.60. The molecule has 4 rings (SSSR count). The first-order valence-electron chi connectivity index (χ1n) is 12.0. The maximum absolute atomic E-state index is 12.9. The molecule has 0 spiro atoms. The first-order chi connectivity index (χ1) is 17.3. The molecular formula is C28H31N3O5. The number of ether oxygens (including phenoxy) is 2. The fourth-order valence-corrected chi connectivity index (χ4v) is 4.43. The first-order valence-corrected chi connectivity index (χ1v) is 12.0. The van der Waals surface area contributed by atoms with Gasteiger partial charge >= 0.3 is 11.7 Å². The molecule has 0 saturated carbocycles. The molecule has 8 heteroatoms. The van der Waals surface area contributed by atoms with Crippen molar-refractivity contribution in [2.24, 2.45) is 0 Å². The van der Waals surface area contributed by atoms with Crippen LogP contribution < -0.4 is 10.4 Å². The summed E-state index contributed by atoms with van der Waals surface area (Å²) in [5.41, 5.74) is 4.28. The average Bonchev–Trinajstić information content (AvgIpc) is 3.11. The number of aliphatic hydroxyl groups excluding tert-OH is 1. The van der Waals surface area contributed by atoms with E-state index in [1.165, 1.54) is 4.57 Å². The third kappa shape index (κ3) is 5.33. The lowest BCUT2D eigenvalue weighted by atomic mass is 10.1. The second kappa shape index (κ2) is 10.8. The van der Waals surface area contributed by atoms with Crippen molar-refractivity contribution in [1.29, 1.82) is 0 Å². The molecule has 2 aromatic heterocycles. The molecule has 8 nitrogen and oxygen atoms in total. The van der Waals surface area contributed by atoms with E-state index in [-0.39, 0.29) is 25.7 Å². The van der Waals surface area contributed by atoms with Gasteiger partial charge in [0.25, 0.3) is 0 Å². The van der Waals surface area contributed by atoms with Crippen molar-refractivity contribution in [3.05, 3.63) is 93.3 Å². The van der Waals surface area contributed by atoms with Crippen molar-refractivity contribution in [3.63, 3.8) is 0 Å². The van der Waals surface area contributed by atoms with Gasteiger partial charge in [0.1, 0.15) is 18.5 Å². The van der Waals surface area contributed by atoms with Crippen molar-refractivity contribution in [1.82, 2.24) is 14.1 Å². The number of rotatable bonds is 9. The molecule has 4 aromatic rings. The summed E-state index contributed by atoms with van der Waals surface area (Å²) in [5, 5.41) is 11.3. The summed E-state index contributed by atoms with van der Waals surface area (Å²) in [6, 6.07) is 17.4. The van der Waals surface area contributed by atoms with Gasteiger partial charge in [-0.3, -0.25) is 4.57 Å². The lowest BCUT2D eigenvalue weighted by Gasteiger charge is -2.16. The number of aryl methyl sites for hydroxylation is 2. The van der Waals surface area contributed by atoms with Gasteiger partial charge in [-0.2, -0.15) is 4.98 Å². The topological polar surface area (TPSA) is 95.6 Å². The zero-order valence-electron chi connectivity index (χ0n) is 21.0. The van der Waals surface area contributed by atoms with E-state index in [0.29, 0.717) is 23.6 Å². The molecule has 0 radical (unpaired) electrons. The number of hydrogen-bond acceptors (Lipinski definition) is 6. The Hall–Kier alpha value is -3.91. The molecule has 0 saturated heterocycles. The third-order valence-corrected chi connectivity index (χ3v) is 6.14. The Morgan fingerprint density at radius 2 is 1.81 bits per heavy atom. The maximum Gasteiger partial charge on any atom is 0.348 e. The molecule has 0 aliphatic rings. The number of aromatic nitrogens is 3. The highest BCUT2D eigenvalue weighted by atomic mass is 16.5. The fourth-order valence-electron chi connectivity index (χ4n) is 4.43. The summed E-state index contributed by atoms with van der Waals surface area (Å²) in [6.45, 7) is 8.19. The van der Waals surface area contributed by atoms with Crippen LogP contribution in [-0.2, 0) is 17.8 Å². The van der Waals surface area contributed by atoms with Crippen LogP contribution in [0.25, 0.3) is 10.9 Å². The first kappa shape index (κ1) is 25.2. The number of hydrogen-bond donors (Lipinski definition) is 1. The largest absolute Gasteiger partial charge is 0.491 e. The molecule has 0 bridgehead atoms. The number of fused-ring (bicyclic) bond motifs is 1. The standard InChI is InChI=1S/C28H31N3O5/c1-5-35-27(33)26-20(4)31(15-21-9-7-6-8-10-21)25-12-11-23(14-24(25)26)36-17-22(32)16-30-19(3)13-18(2)29-28(30)34/h6-14,22,32H,5,15-17H2,1-4H3/t22-/m0/s1. The molecule has 0 amide bonds. The zero-order chi connectivity index (χ0) is 25.8. The van der Waals surface area contributed by atoms with Crippen LogP contribution in [0.2, 0.25) is 0 Å². The smallest absolute Gasteiger partial charge is 0.348 e. The Bertz CT molecular complexity index is 1440. The molecule has 188 valence electrons. The van der Waals surface area contributed by atoms with Gasteiger partial charge in [0.2, 0.25) is 0 Å². The maximum atomic E-state index is 12.9. The van der Waals surface area contributed by atoms with Crippen LogP contribution in [0, 0.1) is 20.8 Å². The molecule has 1 atom stereocenters. The van der Waals surface area contributed by atoms with Gasteiger partial charge < -0.3 is 19.1 Å². The minimum Gasteiger partial charge on any atom is -0.491 e. The van der Waals surface area contributed by atoms with E-state index in [4.69, 9.17) is 9.47 Å². The molecule has 36 heavy (non-hydrogen) atoms. The predicted octanol–water partition coefficient (Wildman–Crippen LogP) is 3.79. The molecule has 2 aromatic carbocycles. The number of nitrogens with zero attached hydrogens (tertiary/aromatic N) is 3. The van der Waals surface area contributed by atoms with Crippen molar-refractivity contribution in [2.45, 2.75) is 46.9 Å². The van der Waals surface area contributed by atoms with E-state index in [1.807, 2.05) is 49.4 Å². The number of benzene rings is 2. The lowest BCUT2D eigenvalue weighted by Crippen LogP contribution is -2.33. The highest BCUT2D eigenvalue weighted by Gasteiger charge is 2.22. The second-order valence-corrected chi connectivity index (χ2v) is 8.83. The lowest BCUT2D eigenvalue weighted by molar-refractivity contribution is 0.0527. The average molecular weight is 490 g/mol. The second-order valence-electron chi connectivity index (χ2n) is 8.83. The van der Waals surface area contributed by atoms with Crippen LogP contribution >= 0.6 is 0 Å². The molecule has 0 aliphatic heterocycles. The van der Waals surface area contributed by atoms with Gasteiger partial charge in [-0.05, 0) is 57.5 Å². The summed E-state index contributed by atoms with van der Waals surface area (Å²) in [4.78, 5) is 29.0. The Morgan fingerprint density at radius 1 is 1.06 bits per heavy atom. The summed E-state index contributed by atoms with van der Waals surface area (Å²) in [7, 11) is 0. The van der Waals surface area contributed by atoms with E-state index in [1.54, 1.807) is 32.9 Å². The monoisotopic (exact) mass is 489 g/mol. The normalized spacial score (nSPS) is 12.0. The zero-order valence-corrected chi connectivity index (χ0v) is 21.0. The van der Waals surface area contributed by atoms with E-state index < -0.39 is 11.8 Å². The van der Waals surface area contributed by atoms with Gasteiger partial charge in [0.15, 0.2) is 0 Å². The van der Waals surface area contributed by atoms with Gasteiger partial charge in [0.05, 0.1) is 18.7 Å². The van der Waals surface area contributed by atoms with Crippen LogP contribution in [0.5, 0.6) is 5.75 Å². The van der Waals surface area contributed by atoms with Crippen molar-refractivity contribution in [3.8, 4) is 5.75 Å². The Morgan fingerprint density at radius 3 is 2.50 bits per heavy atom. The summed E-state index contributed by atoms with van der Waals surface area (Å²) in [5.74, 6) is 0.126. The van der Waals surface area contributed by atoms with Crippen LogP contribution in [0.4, 0.5) is 0 Å². The Labute approximate surface area is 209 Å². The molecule has 0 fully saturated rings. The van der Waals surface area contributed by atoms with Crippen molar-refractivity contribution in [2.75, 3.05) is 13.2 Å². The number of carbonyl (C=O) groups is 1. The fraction of sp³-hybridized carbons (Fsp3) is 0.321. The highest BCUT2D eigenvalue weighted by molar-refractivity contribution is 6.06. The SMILES string of the molecule is CCOC(=O)c1c(C)n(Cc2ccccc2)c2ccc(OC[C@@H](O)Cn3c(C)cc(C)nc3=O)cc12. The minimum atomic E-state index is -0.921.